The quantitative estimate of drug-likeness (QED) is 0.153. The molecule has 0 N–H and O–H groups in total. The van der Waals surface area contributed by atoms with Crippen LogP contribution < -0.4 is 0 Å². The van der Waals surface area contributed by atoms with Gasteiger partial charge in [-0.05, 0) is 13.8 Å². The van der Waals surface area contributed by atoms with Gasteiger partial charge in [0.2, 0.25) is 6.54 Å². The van der Waals surface area contributed by atoms with Crippen LogP contribution in [0.15, 0.2) is 0 Å². The van der Waals surface area contributed by atoms with Crippen molar-refractivity contribution in [2.45, 2.75) is 19.4 Å². The van der Waals surface area contributed by atoms with Gasteiger partial charge in [-0.25, -0.2) is 6.57 Å². The average molecular weight is 528 g/mol. The smallest absolute Gasteiger partial charge is 0.242 e. The van der Waals surface area contributed by atoms with Gasteiger partial charge in [-0.2, -0.15) is 0 Å². The molecule has 0 saturated heterocycles. The molecule has 25 heavy (non-hydrogen) atoms. The standard InChI is InChI=1S/C6H11NO.2Cu.3H2O4S/c1-6(2,8-4)5-7-3;;;3*1-5(2,3)4/h5H2,1-2,4H3;;;3*(H2,1,2,3,4)/p-6. The minimum Gasteiger partial charge on any atom is -0.759 e. The van der Waals surface area contributed by atoms with E-state index in [0.717, 1.165) is 0 Å². The molecule has 0 atom stereocenters. The average Bonchev–Trinajstić information content (AvgIpc) is 2.09. The van der Waals surface area contributed by atoms with E-state index in [1.807, 2.05) is 13.8 Å². The molecule has 0 aromatic rings. The Balaban J connectivity index is -0.0000000481. The van der Waals surface area contributed by atoms with Crippen molar-refractivity contribution < 1.29 is 91.4 Å². The first-order valence-corrected chi connectivity index (χ1v) is 8.51. The fourth-order valence-corrected chi connectivity index (χ4v) is 0.255. The molecular weight excluding hydrogens is 517 g/mol. The van der Waals surface area contributed by atoms with Gasteiger partial charge in [0.1, 0.15) is 5.60 Å². The fraction of sp³-hybridized carbons (Fsp3) is 0.833. The van der Waals surface area contributed by atoms with E-state index >= 15 is 0 Å². The number of rotatable bonds is 2. The van der Waals surface area contributed by atoms with E-state index in [4.69, 9.17) is 63.9 Å². The van der Waals surface area contributed by atoms with Crippen molar-refractivity contribution in [2.24, 2.45) is 0 Å². The van der Waals surface area contributed by atoms with Gasteiger partial charge in [0, 0.05) is 72.4 Å². The Bertz CT molecular complexity index is 553. The van der Waals surface area contributed by atoms with Crippen molar-refractivity contribution in [2.75, 3.05) is 13.7 Å². The molecule has 0 spiro atoms. The predicted molar refractivity (Wildman–Crippen MR) is 64.0 cm³/mol. The van der Waals surface area contributed by atoms with Gasteiger partial charge in [0.15, 0.2) is 0 Å². The van der Waals surface area contributed by atoms with Crippen molar-refractivity contribution in [3.63, 3.8) is 0 Å². The molecule has 0 aliphatic carbocycles. The van der Waals surface area contributed by atoms with Crippen molar-refractivity contribution in [3.8, 4) is 0 Å². The Hall–Kier alpha value is 0.0990. The van der Waals surface area contributed by atoms with Crippen LogP contribution in [0.5, 0.6) is 0 Å². The summed E-state index contributed by atoms with van der Waals surface area (Å²) in [4.78, 5) is 3.20. The van der Waals surface area contributed by atoms with Gasteiger partial charge in [-0.3, -0.25) is 25.3 Å². The third kappa shape index (κ3) is 234. The predicted octanol–water partition coefficient (Wildman–Crippen LogP) is -2.69. The van der Waals surface area contributed by atoms with E-state index in [1.54, 1.807) is 7.11 Å². The Morgan fingerprint density at radius 2 is 0.960 bits per heavy atom. The zero-order valence-corrected chi connectivity index (χ0v) is 16.6. The van der Waals surface area contributed by atoms with Gasteiger partial charge < -0.3 is 36.9 Å². The Morgan fingerprint density at radius 3 is 1.00 bits per heavy atom. The summed E-state index contributed by atoms with van der Waals surface area (Å²) in [5.74, 6) is 0. The second-order valence-electron chi connectivity index (χ2n) is 3.50. The van der Waals surface area contributed by atoms with Crippen LogP contribution in [0.1, 0.15) is 13.8 Å². The molecule has 14 nitrogen and oxygen atoms in total. The van der Waals surface area contributed by atoms with Crippen molar-refractivity contribution in [1.82, 2.24) is 0 Å². The molecule has 164 valence electrons. The third-order valence-electron chi connectivity index (χ3n) is 1.01. The number of hydrogen-bond acceptors (Lipinski definition) is 13. The molecule has 0 amide bonds. The molecule has 0 aromatic carbocycles. The Kier molecular flexibility index (Phi) is 28.0. The van der Waals surface area contributed by atoms with Gasteiger partial charge in [0.05, 0.1) is 0 Å². The summed E-state index contributed by atoms with van der Waals surface area (Å²) < 4.78 is 107. The molecule has 0 aromatic heterocycles. The van der Waals surface area contributed by atoms with E-state index < -0.39 is 31.2 Å². The monoisotopic (exact) mass is 527 g/mol. The SMILES string of the molecule is O=S(=O)([O-])[O-].O=S(=O)([O-])[O-].O=S(=O)([O-])[O-].[C-]#[N+]CC(C)(C)OC.[Cu].[Cu]. The molecule has 2 radical (unpaired) electrons. The van der Waals surface area contributed by atoms with E-state index in [2.05, 4.69) is 4.85 Å². The fourth-order valence-electron chi connectivity index (χ4n) is 0.255. The van der Waals surface area contributed by atoms with E-state index in [1.165, 1.54) is 0 Å². The van der Waals surface area contributed by atoms with Crippen molar-refractivity contribution in [3.05, 3.63) is 11.4 Å². The molecule has 0 rings (SSSR count). The summed E-state index contributed by atoms with van der Waals surface area (Å²) in [6, 6.07) is 0. The largest absolute Gasteiger partial charge is 0.759 e. The van der Waals surface area contributed by atoms with Crippen LogP contribution in [-0.4, -0.2) is 71.8 Å². The maximum absolute atomic E-state index is 8.52. The molecule has 0 fully saturated rings. The minimum absolute atomic E-state index is 0. The first-order chi connectivity index (χ1) is 9.62. The molecule has 0 heterocycles. The maximum Gasteiger partial charge on any atom is 0.242 e. The van der Waals surface area contributed by atoms with Gasteiger partial charge in [-0.1, -0.05) is 0 Å². The Morgan fingerprint density at radius 1 is 0.800 bits per heavy atom. The molecule has 0 aliphatic rings. The summed E-state index contributed by atoms with van der Waals surface area (Å²) in [6.45, 7) is 10.7. The van der Waals surface area contributed by atoms with Crippen LogP contribution in [0.2, 0.25) is 0 Å². The van der Waals surface area contributed by atoms with Crippen LogP contribution in [0.3, 0.4) is 0 Å². The summed E-state index contributed by atoms with van der Waals surface area (Å²) in [5.41, 5.74) is -0.262. The molecular formula is C6H11Cu2NO13S3-6. The maximum atomic E-state index is 8.52. The van der Waals surface area contributed by atoms with Gasteiger partial charge in [0.25, 0.3) is 0 Å². The van der Waals surface area contributed by atoms with E-state index in [0.29, 0.717) is 6.54 Å². The molecule has 0 bridgehead atoms. The van der Waals surface area contributed by atoms with Crippen LogP contribution in [0, 0.1) is 6.57 Å². The van der Waals surface area contributed by atoms with Gasteiger partial charge >= 0.3 is 0 Å². The summed E-state index contributed by atoms with van der Waals surface area (Å²) in [5, 5.41) is 0. The zero-order chi connectivity index (χ0) is 20.1. The topological polar surface area (TPSA) is 254 Å². The van der Waals surface area contributed by atoms with Crippen LogP contribution in [-0.2, 0) is 70.1 Å². The summed E-state index contributed by atoms with van der Waals surface area (Å²) in [6.07, 6.45) is 0. The second kappa shape index (κ2) is 17.5. The van der Waals surface area contributed by atoms with Crippen LogP contribution in [0.4, 0.5) is 0 Å². The first kappa shape index (κ1) is 40.0. The van der Waals surface area contributed by atoms with Gasteiger partial charge in [-0.15, -0.1) is 0 Å². The minimum atomic E-state index is -5.17. The molecule has 0 unspecified atom stereocenters. The van der Waals surface area contributed by atoms with Crippen molar-refractivity contribution in [1.29, 1.82) is 0 Å². The van der Waals surface area contributed by atoms with E-state index in [9.17, 15) is 0 Å². The number of hydrogen-bond donors (Lipinski definition) is 0. The number of ether oxygens (including phenoxy) is 1. The van der Waals surface area contributed by atoms with Crippen molar-refractivity contribution >= 4 is 31.2 Å². The molecule has 0 aliphatic heterocycles. The second-order valence-corrected chi connectivity index (χ2v) is 5.95. The normalized spacial score (nSPS) is 10.4. The third-order valence-corrected chi connectivity index (χ3v) is 1.01. The van der Waals surface area contributed by atoms with Crippen LogP contribution in [0.25, 0.3) is 4.85 Å². The summed E-state index contributed by atoms with van der Waals surface area (Å²) >= 11 is 0. The van der Waals surface area contributed by atoms with E-state index in [-0.39, 0.29) is 39.7 Å². The number of nitrogens with zero attached hydrogens (tertiary/aromatic N) is 1. The zero-order valence-electron chi connectivity index (χ0n) is 12.3. The van der Waals surface area contributed by atoms with Crippen LogP contribution >= 0.6 is 0 Å². The summed E-state index contributed by atoms with van der Waals surface area (Å²) in [7, 11) is -13.9. The number of methoxy groups -OCH3 is 1. The Labute approximate surface area is 166 Å². The first-order valence-electron chi connectivity index (χ1n) is 4.51. The molecule has 19 heteroatoms. The molecule has 0 saturated carbocycles.